The van der Waals surface area contributed by atoms with Crippen molar-refractivity contribution in [3.63, 3.8) is 0 Å². The summed E-state index contributed by atoms with van der Waals surface area (Å²) in [6, 6.07) is 0. The number of aliphatic hydroxyl groups is 2. The number of hydrogen-bond acceptors (Lipinski definition) is 6. The van der Waals surface area contributed by atoms with Gasteiger partial charge in [0.2, 0.25) is 0 Å². The summed E-state index contributed by atoms with van der Waals surface area (Å²) in [5.74, 6) is -0.222. The number of ketones is 1. The minimum atomic E-state index is -0.680. The van der Waals surface area contributed by atoms with E-state index in [9.17, 15) is 19.8 Å². The number of carbonyl (C=O) groups is 2. The van der Waals surface area contributed by atoms with Crippen LogP contribution in [0.15, 0.2) is 0 Å². The van der Waals surface area contributed by atoms with Crippen molar-refractivity contribution in [2.75, 3.05) is 13.2 Å². The second kappa shape index (κ2) is 6.51. The zero-order valence-electron chi connectivity index (χ0n) is 17.4. The van der Waals surface area contributed by atoms with Gasteiger partial charge in [0.25, 0.3) is 0 Å². The zero-order valence-corrected chi connectivity index (χ0v) is 17.4. The fourth-order valence-corrected chi connectivity index (χ4v) is 7.52. The van der Waals surface area contributed by atoms with Crippen LogP contribution < -0.4 is 0 Å². The quantitative estimate of drug-likeness (QED) is 0.697. The van der Waals surface area contributed by atoms with Crippen molar-refractivity contribution in [3.8, 4) is 0 Å². The van der Waals surface area contributed by atoms with E-state index in [0.717, 1.165) is 19.3 Å². The third-order valence-corrected chi connectivity index (χ3v) is 9.39. The average Bonchev–Trinajstić information content (AvgIpc) is 3.15. The smallest absolute Gasteiger partial charge is 0.332 e. The number of carbonyl (C=O) groups excluding carboxylic acids is 2. The Morgan fingerprint density at radius 3 is 2.68 bits per heavy atom. The van der Waals surface area contributed by atoms with Gasteiger partial charge in [-0.3, -0.25) is 4.79 Å². The molecule has 3 aliphatic carbocycles. The lowest BCUT2D eigenvalue weighted by Gasteiger charge is -2.61. The Labute approximate surface area is 167 Å². The largest absolute Gasteiger partial charge is 0.460 e. The first-order valence-corrected chi connectivity index (χ1v) is 10.7. The van der Waals surface area contributed by atoms with E-state index in [1.165, 1.54) is 0 Å². The third-order valence-electron chi connectivity index (χ3n) is 9.39. The molecule has 4 fully saturated rings. The van der Waals surface area contributed by atoms with E-state index in [4.69, 9.17) is 9.47 Å². The van der Waals surface area contributed by atoms with Gasteiger partial charge >= 0.3 is 5.97 Å². The Morgan fingerprint density at radius 1 is 1.29 bits per heavy atom. The van der Waals surface area contributed by atoms with Gasteiger partial charge in [0.15, 0.2) is 0 Å². The molecule has 2 N–H and O–H groups in total. The number of Topliss-reactive ketones (excluding diaryl/α,β-unsaturated/α-hetero) is 1. The number of hydrogen-bond donors (Lipinski definition) is 2. The lowest BCUT2D eigenvalue weighted by molar-refractivity contribution is -0.210. The van der Waals surface area contributed by atoms with Crippen LogP contribution in [0.3, 0.4) is 0 Å². The van der Waals surface area contributed by atoms with Crippen LogP contribution in [0.5, 0.6) is 0 Å². The maximum Gasteiger partial charge on any atom is 0.332 e. The molecule has 1 saturated heterocycles. The van der Waals surface area contributed by atoms with Gasteiger partial charge < -0.3 is 19.7 Å². The van der Waals surface area contributed by atoms with Crippen molar-refractivity contribution in [1.29, 1.82) is 0 Å². The van der Waals surface area contributed by atoms with Crippen molar-refractivity contribution in [2.45, 2.75) is 78.1 Å². The Hall–Kier alpha value is -0.980. The summed E-state index contributed by atoms with van der Waals surface area (Å²) in [4.78, 5) is 25.4. The van der Waals surface area contributed by atoms with Gasteiger partial charge in [-0.1, -0.05) is 27.7 Å². The van der Waals surface area contributed by atoms with Crippen LogP contribution in [0.2, 0.25) is 0 Å². The van der Waals surface area contributed by atoms with Gasteiger partial charge in [0.05, 0.1) is 18.8 Å². The SMILES string of the molecule is C[C@H]1[C@@H]2OC[C@@H](O)[C@]2(C)C[C@@H](OC(=O)CO)[C@@]2(C)[C@@H](C)CC[C@]13CCC(=O)[C@@H]32. The van der Waals surface area contributed by atoms with Gasteiger partial charge in [-0.15, -0.1) is 0 Å². The second-order valence-corrected chi connectivity index (χ2v) is 10.3. The molecule has 1 heterocycles. The van der Waals surface area contributed by atoms with Gasteiger partial charge in [-0.25, -0.2) is 4.79 Å². The molecule has 0 unspecified atom stereocenters. The van der Waals surface area contributed by atoms with Crippen LogP contribution in [-0.2, 0) is 19.1 Å². The van der Waals surface area contributed by atoms with Crippen LogP contribution in [0.25, 0.3) is 0 Å². The van der Waals surface area contributed by atoms with Crippen LogP contribution >= 0.6 is 0 Å². The maximum absolute atomic E-state index is 13.2. The van der Waals surface area contributed by atoms with Crippen LogP contribution in [0.1, 0.15) is 59.8 Å². The monoisotopic (exact) mass is 394 g/mol. The highest BCUT2D eigenvalue weighted by Gasteiger charge is 2.70. The second-order valence-electron chi connectivity index (χ2n) is 10.3. The van der Waals surface area contributed by atoms with Crippen molar-refractivity contribution >= 4 is 11.8 Å². The highest BCUT2D eigenvalue weighted by molar-refractivity contribution is 5.85. The lowest BCUT2D eigenvalue weighted by atomic mass is 9.43. The van der Waals surface area contributed by atoms with E-state index in [2.05, 4.69) is 20.8 Å². The van der Waals surface area contributed by atoms with Crippen LogP contribution in [0.4, 0.5) is 0 Å². The van der Waals surface area contributed by atoms with E-state index >= 15 is 0 Å². The maximum atomic E-state index is 13.2. The summed E-state index contributed by atoms with van der Waals surface area (Å²) in [6.07, 6.45) is 2.43. The third kappa shape index (κ3) is 2.43. The van der Waals surface area contributed by atoms with E-state index in [1.807, 2.05) is 6.92 Å². The first kappa shape index (κ1) is 20.3. The Kier molecular flexibility index (Phi) is 4.72. The molecule has 158 valence electrons. The number of aliphatic hydroxyl groups excluding tert-OH is 2. The summed E-state index contributed by atoms with van der Waals surface area (Å²) >= 11 is 0. The number of fused-ring (bicyclic) bond motifs is 1. The van der Waals surface area contributed by atoms with Crippen molar-refractivity contribution in [2.24, 2.45) is 34.0 Å². The van der Waals surface area contributed by atoms with Crippen LogP contribution in [0, 0.1) is 34.0 Å². The molecule has 0 amide bonds. The summed E-state index contributed by atoms with van der Waals surface area (Å²) < 4.78 is 12.0. The number of ether oxygens (including phenoxy) is 2. The van der Waals surface area contributed by atoms with Gasteiger partial charge in [-0.05, 0) is 42.9 Å². The molecule has 6 nitrogen and oxygen atoms in total. The summed E-state index contributed by atoms with van der Waals surface area (Å²) in [5.41, 5.74) is -1.25. The van der Waals surface area contributed by atoms with Crippen molar-refractivity contribution < 1.29 is 29.3 Å². The van der Waals surface area contributed by atoms with Crippen molar-refractivity contribution in [3.05, 3.63) is 0 Å². The fourth-order valence-electron chi connectivity index (χ4n) is 7.52. The first-order valence-electron chi connectivity index (χ1n) is 10.7. The molecular formula is C22H34O6. The van der Waals surface area contributed by atoms with E-state index in [-0.39, 0.29) is 41.7 Å². The molecule has 6 heteroatoms. The molecule has 0 spiro atoms. The van der Waals surface area contributed by atoms with E-state index in [0.29, 0.717) is 12.8 Å². The summed E-state index contributed by atoms with van der Waals surface area (Å²) in [6.45, 7) is 8.08. The predicted octanol–water partition coefficient (Wildman–Crippen LogP) is 2.10. The Balaban J connectivity index is 1.90. The first-order chi connectivity index (χ1) is 13.1. The molecule has 0 aromatic rings. The summed E-state index contributed by atoms with van der Waals surface area (Å²) in [5, 5.41) is 20.2. The lowest BCUT2D eigenvalue weighted by Crippen LogP contribution is -2.63. The molecule has 3 saturated carbocycles. The summed E-state index contributed by atoms with van der Waals surface area (Å²) in [7, 11) is 0. The molecule has 0 aromatic carbocycles. The Bertz CT molecular complexity index is 678. The molecule has 2 bridgehead atoms. The van der Waals surface area contributed by atoms with Gasteiger partial charge in [0, 0.05) is 23.2 Å². The molecule has 28 heavy (non-hydrogen) atoms. The van der Waals surface area contributed by atoms with E-state index < -0.39 is 35.6 Å². The molecule has 9 atom stereocenters. The molecule has 0 aromatic heterocycles. The topological polar surface area (TPSA) is 93.1 Å². The average molecular weight is 395 g/mol. The fraction of sp³-hybridized carbons (Fsp3) is 0.909. The highest BCUT2D eigenvalue weighted by Crippen LogP contribution is 2.69. The molecule has 4 rings (SSSR count). The van der Waals surface area contributed by atoms with Gasteiger partial charge in [-0.2, -0.15) is 0 Å². The minimum absolute atomic E-state index is 0.146. The normalized spacial score (nSPS) is 53.1. The van der Waals surface area contributed by atoms with Gasteiger partial charge in [0.1, 0.15) is 18.5 Å². The molecule has 1 aliphatic heterocycles. The standard InChI is InChI=1S/C22H34O6/c1-12-5-7-22-8-6-14(24)18(22)21(12,4)16(28-17(26)10-23)9-20(3)15(25)11-27-19(20)13(22)2/h12-13,15-16,18-19,23,25H,5-11H2,1-4H3/t12-,13-,15+,16+,18+,19-,20-,21+,22-/m0/s1. The zero-order chi connectivity index (χ0) is 20.5. The van der Waals surface area contributed by atoms with E-state index in [1.54, 1.807) is 0 Å². The number of esters is 1. The minimum Gasteiger partial charge on any atom is -0.460 e. The highest BCUT2D eigenvalue weighted by atomic mass is 16.6. The Morgan fingerprint density at radius 2 is 2.00 bits per heavy atom. The molecular weight excluding hydrogens is 360 g/mol. The van der Waals surface area contributed by atoms with Crippen LogP contribution in [-0.4, -0.2) is 53.5 Å². The number of rotatable bonds is 2. The molecule has 0 radical (unpaired) electrons. The van der Waals surface area contributed by atoms with Crippen molar-refractivity contribution in [1.82, 2.24) is 0 Å². The molecule has 4 aliphatic rings. The predicted molar refractivity (Wildman–Crippen MR) is 101 cm³/mol.